The Bertz CT molecular complexity index is 454. The molecular weight excluding hydrogens is 244 g/mol. The van der Waals surface area contributed by atoms with Crippen LogP contribution in [0.25, 0.3) is 0 Å². The summed E-state index contributed by atoms with van der Waals surface area (Å²) in [6.07, 6.45) is 3.86. The zero-order valence-corrected chi connectivity index (χ0v) is 11.1. The molecule has 1 fully saturated rings. The number of carbonyl (C=O) groups is 1. The lowest BCUT2D eigenvalue weighted by Gasteiger charge is -2.27. The van der Waals surface area contributed by atoms with E-state index in [2.05, 4.69) is 4.98 Å². The Kier molecular flexibility index (Phi) is 4.37. The Labute approximate surface area is 112 Å². The summed E-state index contributed by atoms with van der Waals surface area (Å²) in [7, 11) is 0. The molecule has 1 heterocycles. The molecular formula is C14H20N2O3. The molecule has 0 atom stereocenters. The monoisotopic (exact) mass is 264 g/mol. The molecule has 104 valence electrons. The molecule has 1 amide bonds. The van der Waals surface area contributed by atoms with Crippen molar-refractivity contribution in [3.05, 3.63) is 23.4 Å². The minimum absolute atomic E-state index is 0.109. The lowest BCUT2D eigenvalue weighted by molar-refractivity contribution is 0.0975. The van der Waals surface area contributed by atoms with Gasteiger partial charge < -0.3 is 15.6 Å². The van der Waals surface area contributed by atoms with Crippen molar-refractivity contribution in [3.8, 4) is 5.88 Å². The van der Waals surface area contributed by atoms with Crippen molar-refractivity contribution in [2.45, 2.75) is 38.7 Å². The standard InChI is InChI=1S/C14H20N2O3/c1-9-6-11(14(15)18)7-13(16-9)19-12-4-2-10(8-17)3-5-12/h6-7,10,12,17H,2-5,8H2,1H3,(H2,15,18). The predicted molar refractivity (Wildman–Crippen MR) is 71.0 cm³/mol. The zero-order valence-electron chi connectivity index (χ0n) is 11.1. The van der Waals surface area contributed by atoms with Gasteiger partial charge >= 0.3 is 0 Å². The SMILES string of the molecule is Cc1cc(C(N)=O)cc(OC2CCC(CO)CC2)n1. The van der Waals surface area contributed by atoms with Gasteiger partial charge in [-0.25, -0.2) is 4.98 Å². The van der Waals surface area contributed by atoms with E-state index < -0.39 is 5.91 Å². The lowest BCUT2D eigenvalue weighted by Crippen LogP contribution is -2.26. The number of hydrogen-bond donors (Lipinski definition) is 2. The van der Waals surface area contributed by atoms with Crippen LogP contribution in [-0.2, 0) is 0 Å². The highest BCUT2D eigenvalue weighted by molar-refractivity contribution is 5.93. The number of aryl methyl sites for hydroxylation is 1. The van der Waals surface area contributed by atoms with Gasteiger partial charge in [0.1, 0.15) is 6.10 Å². The number of pyridine rings is 1. The maximum absolute atomic E-state index is 11.2. The van der Waals surface area contributed by atoms with Gasteiger partial charge in [-0.2, -0.15) is 0 Å². The molecule has 1 aromatic rings. The van der Waals surface area contributed by atoms with Crippen LogP contribution in [0.1, 0.15) is 41.7 Å². The molecule has 5 nitrogen and oxygen atoms in total. The van der Waals surface area contributed by atoms with Gasteiger partial charge in [-0.15, -0.1) is 0 Å². The zero-order chi connectivity index (χ0) is 13.8. The molecule has 0 unspecified atom stereocenters. The molecule has 0 aliphatic heterocycles. The largest absolute Gasteiger partial charge is 0.474 e. The summed E-state index contributed by atoms with van der Waals surface area (Å²) in [5, 5.41) is 9.10. The van der Waals surface area contributed by atoms with Crippen molar-refractivity contribution in [2.24, 2.45) is 11.7 Å². The van der Waals surface area contributed by atoms with E-state index in [0.717, 1.165) is 31.4 Å². The number of amides is 1. The fourth-order valence-corrected chi connectivity index (χ4v) is 2.44. The minimum atomic E-state index is -0.473. The van der Waals surface area contributed by atoms with Gasteiger partial charge in [-0.1, -0.05) is 0 Å². The van der Waals surface area contributed by atoms with Crippen LogP contribution in [-0.4, -0.2) is 28.7 Å². The number of ether oxygens (including phenoxy) is 1. The number of nitrogens with zero attached hydrogens (tertiary/aromatic N) is 1. The molecule has 1 aliphatic rings. The van der Waals surface area contributed by atoms with E-state index in [1.165, 1.54) is 0 Å². The van der Waals surface area contributed by atoms with Gasteiger partial charge in [0, 0.05) is 23.9 Å². The van der Waals surface area contributed by atoms with E-state index in [0.29, 0.717) is 17.4 Å². The van der Waals surface area contributed by atoms with Crippen LogP contribution in [0.5, 0.6) is 5.88 Å². The normalized spacial score (nSPS) is 23.1. The fourth-order valence-electron chi connectivity index (χ4n) is 2.44. The molecule has 0 saturated heterocycles. The number of aliphatic hydroxyl groups excluding tert-OH is 1. The molecule has 0 bridgehead atoms. The highest BCUT2D eigenvalue weighted by Crippen LogP contribution is 2.27. The van der Waals surface area contributed by atoms with Gasteiger partial charge in [-0.05, 0) is 44.6 Å². The molecule has 1 saturated carbocycles. The summed E-state index contributed by atoms with van der Waals surface area (Å²) in [5.74, 6) is 0.382. The number of aliphatic hydroxyl groups is 1. The Hall–Kier alpha value is -1.62. The van der Waals surface area contributed by atoms with Gasteiger partial charge in [0.25, 0.3) is 0 Å². The van der Waals surface area contributed by atoms with Crippen molar-refractivity contribution in [1.82, 2.24) is 4.98 Å². The molecule has 3 N–H and O–H groups in total. The van der Waals surface area contributed by atoms with Crippen LogP contribution in [0.2, 0.25) is 0 Å². The van der Waals surface area contributed by atoms with E-state index >= 15 is 0 Å². The second-order valence-corrected chi connectivity index (χ2v) is 5.14. The van der Waals surface area contributed by atoms with Crippen LogP contribution in [0, 0.1) is 12.8 Å². The second kappa shape index (κ2) is 6.02. The van der Waals surface area contributed by atoms with Crippen LogP contribution in [0.3, 0.4) is 0 Å². The van der Waals surface area contributed by atoms with Crippen molar-refractivity contribution >= 4 is 5.91 Å². The van der Waals surface area contributed by atoms with E-state index in [9.17, 15) is 4.79 Å². The van der Waals surface area contributed by atoms with Gasteiger partial charge in [0.05, 0.1) is 0 Å². The fraction of sp³-hybridized carbons (Fsp3) is 0.571. The molecule has 5 heteroatoms. The number of nitrogens with two attached hydrogens (primary N) is 1. The highest BCUT2D eigenvalue weighted by atomic mass is 16.5. The first-order valence-electron chi connectivity index (χ1n) is 6.64. The number of primary amides is 1. The highest BCUT2D eigenvalue weighted by Gasteiger charge is 2.22. The van der Waals surface area contributed by atoms with Crippen molar-refractivity contribution in [1.29, 1.82) is 0 Å². The van der Waals surface area contributed by atoms with E-state index in [1.807, 2.05) is 6.92 Å². The summed E-state index contributed by atoms with van der Waals surface area (Å²) < 4.78 is 5.82. The lowest BCUT2D eigenvalue weighted by atomic mass is 9.88. The van der Waals surface area contributed by atoms with E-state index in [-0.39, 0.29) is 12.7 Å². The number of hydrogen-bond acceptors (Lipinski definition) is 4. The third kappa shape index (κ3) is 3.67. The quantitative estimate of drug-likeness (QED) is 0.861. The Balaban J connectivity index is 2.01. The van der Waals surface area contributed by atoms with Gasteiger partial charge in [-0.3, -0.25) is 4.79 Å². The number of carbonyl (C=O) groups excluding carboxylic acids is 1. The molecule has 1 aromatic heterocycles. The van der Waals surface area contributed by atoms with Crippen molar-refractivity contribution < 1.29 is 14.6 Å². The summed E-state index contributed by atoms with van der Waals surface area (Å²) in [4.78, 5) is 15.5. The molecule has 0 spiro atoms. The maximum atomic E-state index is 11.2. The minimum Gasteiger partial charge on any atom is -0.474 e. The Morgan fingerprint density at radius 3 is 2.68 bits per heavy atom. The maximum Gasteiger partial charge on any atom is 0.248 e. The Morgan fingerprint density at radius 1 is 1.42 bits per heavy atom. The smallest absolute Gasteiger partial charge is 0.248 e. The second-order valence-electron chi connectivity index (χ2n) is 5.14. The summed E-state index contributed by atoms with van der Waals surface area (Å²) in [6.45, 7) is 2.06. The van der Waals surface area contributed by atoms with Crippen LogP contribution < -0.4 is 10.5 Å². The number of rotatable bonds is 4. The van der Waals surface area contributed by atoms with E-state index in [4.69, 9.17) is 15.6 Å². The van der Waals surface area contributed by atoms with Gasteiger partial charge in [0.15, 0.2) is 0 Å². The predicted octanol–water partition coefficient (Wildman–Crippen LogP) is 1.42. The first-order chi connectivity index (χ1) is 9.08. The molecule has 1 aliphatic carbocycles. The van der Waals surface area contributed by atoms with Crippen LogP contribution >= 0.6 is 0 Å². The van der Waals surface area contributed by atoms with E-state index in [1.54, 1.807) is 12.1 Å². The van der Waals surface area contributed by atoms with Crippen LogP contribution in [0.15, 0.2) is 12.1 Å². The third-order valence-corrected chi connectivity index (χ3v) is 3.55. The summed E-state index contributed by atoms with van der Waals surface area (Å²) in [6, 6.07) is 3.24. The van der Waals surface area contributed by atoms with Crippen molar-refractivity contribution in [3.63, 3.8) is 0 Å². The molecule has 0 radical (unpaired) electrons. The first kappa shape index (κ1) is 13.8. The molecule has 2 rings (SSSR count). The third-order valence-electron chi connectivity index (χ3n) is 3.55. The summed E-state index contributed by atoms with van der Waals surface area (Å²) in [5.41, 5.74) is 6.41. The first-order valence-corrected chi connectivity index (χ1v) is 6.64. The average molecular weight is 264 g/mol. The van der Waals surface area contributed by atoms with Crippen molar-refractivity contribution in [2.75, 3.05) is 6.61 Å². The average Bonchev–Trinajstić information content (AvgIpc) is 2.39. The Morgan fingerprint density at radius 2 is 2.11 bits per heavy atom. The molecule has 19 heavy (non-hydrogen) atoms. The number of aromatic nitrogens is 1. The molecule has 0 aromatic carbocycles. The van der Waals surface area contributed by atoms with Gasteiger partial charge in [0.2, 0.25) is 11.8 Å². The van der Waals surface area contributed by atoms with Crippen LogP contribution in [0.4, 0.5) is 0 Å². The summed E-state index contributed by atoms with van der Waals surface area (Å²) >= 11 is 0. The topological polar surface area (TPSA) is 85.4 Å².